The fourth-order valence-electron chi connectivity index (χ4n) is 2.45. The molecule has 1 saturated carbocycles. The number of hydrogen-bond acceptors (Lipinski definition) is 2. The van der Waals surface area contributed by atoms with E-state index >= 15 is 0 Å². The lowest BCUT2D eigenvalue weighted by Gasteiger charge is -2.07. The molecule has 1 spiro atoms. The van der Waals surface area contributed by atoms with E-state index in [4.69, 9.17) is 0 Å². The summed E-state index contributed by atoms with van der Waals surface area (Å²) in [5.41, 5.74) is -1.22. The van der Waals surface area contributed by atoms with Gasteiger partial charge in [0.1, 0.15) is 0 Å². The zero-order valence-electron chi connectivity index (χ0n) is 7.02. The van der Waals surface area contributed by atoms with Crippen LogP contribution in [0.25, 0.3) is 0 Å². The third-order valence-electron chi connectivity index (χ3n) is 3.24. The second kappa shape index (κ2) is 2.19. The number of carbonyl (C=O) groups excluding carboxylic acids is 1. The van der Waals surface area contributed by atoms with Crippen LogP contribution in [0.1, 0.15) is 13.3 Å². The summed E-state index contributed by atoms with van der Waals surface area (Å²) in [4.78, 5) is 11.1. The molecule has 1 aliphatic heterocycles. The van der Waals surface area contributed by atoms with Gasteiger partial charge in [-0.15, -0.1) is 0 Å². The number of halogens is 3. The van der Waals surface area contributed by atoms with E-state index in [2.05, 4.69) is 4.74 Å². The van der Waals surface area contributed by atoms with Gasteiger partial charge in [0.2, 0.25) is 0 Å². The summed E-state index contributed by atoms with van der Waals surface area (Å²) < 4.78 is 41.6. The maximum absolute atomic E-state index is 12.4. The first kappa shape index (κ1) is 8.84. The molecule has 2 aliphatic rings. The van der Waals surface area contributed by atoms with Crippen LogP contribution in [-0.4, -0.2) is 18.8 Å². The normalized spacial score (nSPS) is 43.8. The molecular weight excluding hydrogens is 185 g/mol. The van der Waals surface area contributed by atoms with Gasteiger partial charge in [0, 0.05) is 0 Å². The molecule has 74 valence electrons. The van der Waals surface area contributed by atoms with Crippen molar-refractivity contribution in [3.8, 4) is 0 Å². The van der Waals surface area contributed by atoms with Crippen molar-refractivity contribution in [3.05, 3.63) is 0 Å². The van der Waals surface area contributed by atoms with E-state index in [1.54, 1.807) is 0 Å². The van der Waals surface area contributed by atoms with E-state index in [9.17, 15) is 18.0 Å². The summed E-state index contributed by atoms with van der Waals surface area (Å²) in [6.45, 7) is 1.60. The number of carbonyl (C=O) groups is 1. The molecule has 0 bridgehead atoms. The van der Waals surface area contributed by atoms with E-state index < -0.39 is 29.4 Å². The van der Waals surface area contributed by atoms with Crippen LogP contribution in [0.3, 0.4) is 0 Å². The predicted octanol–water partition coefficient (Wildman–Crippen LogP) is 1.75. The van der Waals surface area contributed by atoms with Crippen molar-refractivity contribution in [2.75, 3.05) is 6.61 Å². The van der Waals surface area contributed by atoms with Crippen molar-refractivity contribution in [1.29, 1.82) is 0 Å². The Labute approximate surface area is 73.1 Å². The van der Waals surface area contributed by atoms with E-state index in [0.29, 0.717) is 0 Å². The Kier molecular flexibility index (Phi) is 1.49. The predicted molar refractivity (Wildman–Crippen MR) is 36.7 cm³/mol. The first-order chi connectivity index (χ1) is 5.90. The standard InChI is InChI=1S/C8H9F3O2/c1-4-5(8(9,10)11)7(4)2-3-13-6(7)12/h4-5H,2-3H2,1H3. The lowest BCUT2D eigenvalue weighted by molar-refractivity contribution is -0.165. The second-order valence-electron chi connectivity index (χ2n) is 3.73. The zero-order valence-corrected chi connectivity index (χ0v) is 7.02. The van der Waals surface area contributed by atoms with Gasteiger partial charge in [-0.1, -0.05) is 6.92 Å². The number of hydrogen-bond donors (Lipinski definition) is 0. The molecule has 2 nitrogen and oxygen atoms in total. The summed E-state index contributed by atoms with van der Waals surface area (Å²) in [6, 6.07) is 0. The van der Waals surface area contributed by atoms with Gasteiger partial charge < -0.3 is 4.74 Å². The Morgan fingerprint density at radius 3 is 2.46 bits per heavy atom. The molecule has 1 saturated heterocycles. The highest BCUT2D eigenvalue weighted by Gasteiger charge is 2.78. The monoisotopic (exact) mass is 194 g/mol. The van der Waals surface area contributed by atoms with E-state index in [-0.39, 0.29) is 13.0 Å². The molecule has 0 radical (unpaired) electrons. The Morgan fingerprint density at radius 2 is 2.15 bits per heavy atom. The molecular formula is C8H9F3O2. The minimum atomic E-state index is -4.26. The number of alkyl halides is 3. The van der Waals surface area contributed by atoms with Gasteiger partial charge in [-0.3, -0.25) is 4.79 Å². The fourth-order valence-corrected chi connectivity index (χ4v) is 2.45. The van der Waals surface area contributed by atoms with Crippen molar-refractivity contribution in [3.63, 3.8) is 0 Å². The summed E-state index contributed by atoms with van der Waals surface area (Å²) in [6.07, 6.45) is -4.04. The SMILES string of the molecule is CC1C(C(F)(F)F)C12CCOC2=O. The van der Waals surface area contributed by atoms with Crippen LogP contribution >= 0.6 is 0 Å². The zero-order chi connectivity index (χ0) is 9.85. The fraction of sp³-hybridized carbons (Fsp3) is 0.875. The molecule has 3 atom stereocenters. The molecule has 2 fully saturated rings. The maximum atomic E-state index is 12.4. The first-order valence-electron chi connectivity index (χ1n) is 4.14. The van der Waals surface area contributed by atoms with Crippen LogP contribution in [0.5, 0.6) is 0 Å². The third-order valence-corrected chi connectivity index (χ3v) is 3.24. The second-order valence-corrected chi connectivity index (χ2v) is 3.73. The van der Waals surface area contributed by atoms with Gasteiger partial charge in [0.05, 0.1) is 17.9 Å². The Balaban J connectivity index is 2.25. The minimum absolute atomic E-state index is 0.135. The average Bonchev–Trinajstić information content (AvgIpc) is 2.38. The third kappa shape index (κ3) is 0.928. The lowest BCUT2D eigenvalue weighted by Crippen LogP contribution is -2.21. The molecule has 1 heterocycles. The lowest BCUT2D eigenvalue weighted by atomic mass is 10.0. The molecule has 0 aromatic carbocycles. The minimum Gasteiger partial charge on any atom is -0.465 e. The van der Waals surface area contributed by atoms with E-state index in [0.717, 1.165) is 0 Å². The number of cyclic esters (lactones) is 1. The maximum Gasteiger partial charge on any atom is 0.393 e. The van der Waals surface area contributed by atoms with Crippen LogP contribution in [0, 0.1) is 17.3 Å². The molecule has 3 unspecified atom stereocenters. The highest BCUT2D eigenvalue weighted by molar-refractivity contribution is 5.83. The molecule has 1 aliphatic carbocycles. The molecule has 0 aromatic rings. The largest absolute Gasteiger partial charge is 0.465 e. The van der Waals surface area contributed by atoms with Gasteiger partial charge in [0.25, 0.3) is 0 Å². The molecule has 2 rings (SSSR count). The molecule has 0 amide bonds. The molecule has 0 N–H and O–H groups in total. The van der Waals surface area contributed by atoms with Crippen molar-refractivity contribution in [1.82, 2.24) is 0 Å². The van der Waals surface area contributed by atoms with Crippen LogP contribution in [0.15, 0.2) is 0 Å². The van der Waals surface area contributed by atoms with Gasteiger partial charge in [0.15, 0.2) is 0 Å². The van der Waals surface area contributed by atoms with Crippen molar-refractivity contribution in [2.45, 2.75) is 19.5 Å². The van der Waals surface area contributed by atoms with Gasteiger partial charge in [-0.25, -0.2) is 0 Å². The van der Waals surface area contributed by atoms with Crippen molar-refractivity contribution >= 4 is 5.97 Å². The summed E-state index contributed by atoms with van der Waals surface area (Å²) in [5, 5.41) is 0. The number of esters is 1. The number of ether oxygens (including phenoxy) is 1. The highest BCUT2D eigenvalue weighted by atomic mass is 19.4. The molecule has 5 heteroatoms. The van der Waals surface area contributed by atoms with Crippen LogP contribution in [0.2, 0.25) is 0 Å². The summed E-state index contributed by atoms with van der Waals surface area (Å²) in [5.74, 6) is -2.75. The quantitative estimate of drug-likeness (QED) is 0.549. The average molecular weight is 194 g/mol. The summed E-state index contributed by atoms with van der Waals surface area (Å²) in [7, 11) is 0. The van der Waals surface area contributed by atoms with E-state index in [1.807, 2.05) is 0 Å². The van der Waals surface area contributed by atoms with Crippen LogP contribution in [-0.2, 0) is 9.53 Å². The van der Waals surface area contributed by atoms with Crippen LogP contribution < -0.4 is 0 Å². The Morgan fingerprint density at radius 1 is 1.54 bits per heavy atom. The van der Waals surface area contributed by atoms with Gasteiger partial charge >= 0.3 is 12.1 Å². The van der Waals surface area contributed by atoms with Crippen LogP contribution in [0.4, 0.5) is 13.2 Å². The Bertz CT molecular complexity index is 261. The van der Waals surface area contributed by atoms with E-state index in [1.165, 1.54) is 6.92 Å². The molecule has 13 heavy (non-hydrogen) atoms. The van der Waals surface area contributed by atoms with Gasteiger partial charge in [-0.2, -0.15) is 13.2 Å². The van der Waals surface area contributed by atoms with Crippen molar-refractivity contribution < 1.29 is 22.7 Å². The topological polar surface area (TPSA) is 26.3 Å². The number of rotatable bonds is 0. The smallest absolute Gasteiger partial charge is 0.393 e. The van der Waals surface area contributed by atoms with Crippen molar-refractivity contribution in [2.24, 2.45) is 17.3 Å². The molecule has 0 aromatic heterocycles. The Hall–Kier alpha value is -0.740. The highest BCUT2D eigenvalue weighted by Crippen LogP contribution is 2.69. The van der Waals surface area contributed by atoms with Gasteiger partial charge in [-0.05, 0) is 12.3 Å². The summed E-state index contributed by atoms with van der Waals surface area (Å²) >= 11 is 0. The first-order valence-corrected chi connectivity index (χ1v) is 4.14.